The molecule has 84 valence electrons. The van der Waals surface area contributed by atoms with Gasteiger partial charge < -0.3 is 14.2 Å². The minimum Gasteiger partial charge on any atom is -0.379 e. The predicted molar refractivity (Wildman–Crippen MR) is 53.4 cm³/mol. The molecule has 0 bridgehead atoms. The van der Waals surface area contributed by atoms with Gasteiger partial charge in [-0.1, -0.05) is 13.8 Å². The fourth-order valence-electron chi connectivity index (χ4n) is 0.826. The maximum atomic E-state index is 10.9. The Labute approximate surface area is 85.5 Å². The largest absolute Gasteiger partial charge is 0.379 e. The van der Waals surface area contributed by atoms with Crippen molar-refractivity contribution in [1.82, 2.24) is 0 Å². The highest BCUT2D eigenvalue weighted by atomic mass is 16.5. The van der Waals surface area contributed by atoms with Crippen molar-refractivity contribution in [3.63, 3.8) is 0 Å². The number of carbonyl (C=O) groups excluding carboxylic acids is 1. The first-order valence-corrected chi connectivity index (χ1v) is 4.83. The Morgan fingerprint density at radius 3 is 2.36 bits per heavy atom. The van der Waals surface area contributed by atoms with Crippen LogP contribution in [0.3, 0.4) is 0 Å². The molecular formula is C10H20O4. The molecule has 14 heavy (non-hydrogen) atoms. The zero-order valence-corrected chi connectivity index (χ0v) is 9.25. The molecule has 0 unspecified atom stereocenters. The van der Waals surface area contributed by atoms with E-state index >= 15 is 0 Å². The van der Waals surface area contributed by atoms with Gasteiger partial charge in [0, 0.05) is 13.7 Å². The number of ketones is 1. The molecule has 0 radical (unpaired) electrons. The van der Waals surface area contributed by atoms with Crippen LogP contribution in [0.5, 0.6) is 0 Å². The first-order valence-electron chi connectivity index (χ1n) is 4.83. The monoisotopic (exact) mass is 204 g/mol. The van der Waals surface area contributed by atoms with Crippen LogP contribution in [-0.4, -0.2) is 45.9 Å². The van der Waals surface area contributed by atoms with E-state index in [2.05, 4.69) is 18.6 Å². The fraction of sp³-hybridized carbons (Fsp3) is 0.900. The molecule has 0 aliphatic heterocycles. The van der Waals surface area contributed by atoms with Crippen LogP contribution in [-0.2, 0) is 19.0 Å². The topological polar surface area (TPSA) is 44.8 Å². The highest BCUT2D eigenvalue weighted by Crippen LogP contribution is 1.91. The average Bonchev–Trinajstić information content (AvgIpc) is 2.11. The second kappa shape index (κ2) is 9.12. The van der Waals surface area contributed by atoms with E-state index in [4.69, 9.17) is 9.47 Å². The van der Waals surface area contributed by atoms with Gasteiger partial charge in [-0.25, -0.2) is 0 Å². The molecule has 0 aliphatic carbocycles. The Kier molecular flexibility index (Phi) is 8.83. The van der Waals surface area contributed by atoms with Gasteiger partial charge in [-0.05, 0) is 5.92 Å². The first kappa shape index (κ1) is 13.5. The van der Waals surface area contributed by atoms with Gasteiger partial charge in [0.1, 0.15) is 13.2 Å². The van der Waals surface area contributed by atoms with Crippen LogP contribution in [0.1, 0.15) is 13.8 Å². The lowest BCUT2D eigenvalue weighted by Crippen LogP contribution is -2.16. The summed E-state index contributed by atoms with van der Waals surface area (Å²) in [6, 6.07) is 0. The summed E-state index contributed by atoms with van der Waals surface area (Å²) in [6.45, 7) is 6.13. The quantitative estimate of drug-likeness (QED) is 0.523. The summed E-state index contributed by atoms with van der Waals surface area (Å²) in [5, 5.41) is 0. The molecule has 0 spiro atoms. The van der Waals surface area contributed by atoms with Gasteiger partial charge in [-0.15, -0.1) is 0 Å². The van der Waals surface area contributed by atoms with E-state index in [0.29, 0.717) is 19.1 Å². The molecule has 0 saturated heterocycles. The van der Waals surface area contributed by atoms with Crippen molar-refractivity contribution in [1.29, 1.82) is 0 Å². The van der Waals surface area contributed by atoms with Crippen molar-refractivity contribution in [2.45, 2.75) is 13.8 Å². The Morgan fingerprint density at radius 1 is 1.14 bits per heavy atom. The third-order valence-electron chi connectivity index (χ3n) is 1.39. The van der Waals surface area contributed by atoms with Gasteiger partial charge in [0.2, 0.25) is 0 Å². The number of rotatable bonds is 9. The molecule has 0 atom stereocenters. The zero-order chi connectivity index (χ0) is 10.8. The Balaban J connectivity index is 3.09. The maximum absolute atomic E-state index is 10.9. The van der Waals surface area contributed by atoms with Crippen LogP contribution < -0.4 is 0 Å². The molecule has 0 amide bonds. The van der Waals surface area contributed by atoms with Gasteiger partial charge >= 0.3 is 0 Å². The molecule has 0 fully saturated rings. The smallest absolute Gasteiger partial charge is 0.183 e. The Hall–Kier alpha value is -0.450. The minimum atomic E-state index is -0.0450. The maximum Gasteiger partial charge on any atom is 0.183 e. The molecular weight excluding hydrogens is 184 g/mol. The van der Waals surface area contributed by atoms with E-state index in [1.165, 1.54) is 7.11 Å². The third-order valence-corrected chi connectivity index (χ3v) is 1.39. The molecule has 0 aromatic carbocycles. The van der Waals surface area contributed by atoms with E-state index in [0.717, 1.165) is 6.61 Å². The first-order chi connectivity index (χ1) is 6.66. The lowest BCUT2D eigenvalue weighted by molar-refractivity contribution is -0.127. The van der Waals surface area contributed by atoms with Crippen LogP contribution in [0.25, 0.3) is 0 Å². The second-order valence-corrected chi connectivity index (χ2v) is 3.49. The van der Waals surface area contributed by atoms with Gasteiger partial charge in [-0.3, -0.25) is 4.79 Å². The van der Waals surface area contributed by atoms with Crippen molar-refractivity contribution in [2.75, 3.05) is 40.1 Å². The number of hydrogen-bond acceptors (Lipinski definition) is 4. The normalized spacial score (nSPS) is 10.9. The number of Topliss-reactive ketones (excluding diaryl/α,β-unsaturated/α-hetero) is 1. The molecule has 4 nitrogen and oxygen atoms in total. The zero-order valence-electron chi connectivity index (χ0n) is 9.25. The van der Waals surface area contributed by atoms with Crippen LogP contribution in [0.15, 0.2) is 0 Å². The van der Waals surface area contributed by atoms with Gasteiger partial charge in [0.05, 0.1) is 13.2 Å². The molecule has 4 heteroatoms. The number of ether oxygens (including phenoxy) is 3. The molecule has 0 aromatic rings. The minimum absolute atomic E-state index is 0.0450. The summed E-state index contributed by atoms with van der Waals surface area (Å²) in [4.78, 5) is 10.9. The van der Waals surface area contributed by atoms with Crippen molar-refractivity contribution < 1.29 is 19.0 Å². The molecule has 0 heterocycles. The van der Waals surface area contributed by atoms with Gasteiger partial charge in [-0.2, -0.15) is 0 Å². The Bertz CT molecular complexity index is 145. The number of methoxy groups -OCH3 is 1. The average molecular weight is 204 g/mol. The SMILES string of the molecule is COCC(=O)COCCOCC(C)C. The standard InChI is InChI=1S/C10H20O4/c1-9(2)6-13-4-5-14-8-10(11)7-12-3/h9H,4-8H2,1-3H3. The molecule has 0 saturated carbocycles. The van der Waals surface area contributed by atoms with Crippen LogP contribution >= 0.6 is 0 Å². The van der Waals surface area contributed by atoms with Crippen molar-refractivity contribution >= 4 is 5.78 Å². The fourth-order valence-corrected chi connectivity index (χ4v) is 0.826. The van der Waals surface area contributed by atoms with Crippen LogP contribution in [0.2, 0.25) is 0 Å². The lowest BCUT2D eigenvalue weighted by Gasteiger charge is -2.06. The highest BCUT2D eigenvalue weighted by Gasteiger charge is 2.00. The molecule has 0 aliphatic rings. The van der Waals surface area contributed by atoms with Gasteiger partial charge in [0.25, 0.3) is 0 Å². The summed E-state index contributed by atoms with van der Waals surface area (Å²) >= 11 is 0. The number of carbonyl (C=O) groups is 1. The molecule has 0 rings (SSSR count). The van der Waals surface area contributed by atoms with Gasteiger partial charge in [0.15, 0.2) is 5.78 Å². The number of hydrogen-bond donors (Lipinski definition) is 0. The summed E-state index contributed by atoms with van der Waals surface area (Å²) in [6.07, 6.45) is 0. The summed E-state index contributed by atoms with van der Waals surface area (Å²) in [7, 11) is 1.49. The Morgan fingerprint density at radius 2 is 1.79 bits per heavy atom. The predicted octanol–water partition coefficient (Wildman–Crippen LogP) is 0.891. The van der Waals surface area contributed by atoms with Crippen molar-refractivity contribution in [2.24, 2.45) is 5.92 Å². The molecule has 0 aromatic heterocycles. The van der Waals surface area contributed by atoms with E-state index in [-0.39, 0.29) is 19.0 Å². The van der Waals surface area contributed by atoms with E-state index in [1.807, 2.05) is 0 Å². The van der Waals surface area contributed by atoms with Crippen molar-refractivity contribution in [3.8, 4) is 0 Å². The lowest BCUT2D eigenvalue weighted by atomic mass is 10.2. The second-order valence-electron chi connectivity index (χ2n) is 3.49. The van der Waals surface area contributed by atoms with E-state index in [9.17, 15) is 4.79 Å². The summed E-state index contributed by atoms with van der Waals surface area (Å²) in [5.74, 6) is 0.487. The van der Waals surface area contributed by atoms with E-state index in [1.54, 1.807) is 0 Å². The summed E-state index contributed by atoms with van der Waals surface area (Å²) < 4.78 is 15.0. The third kappa shape index (κ3) is 9.64. The highest BCUT2D eigenvalue weighted by molar-refractivity contribution is 5.80. The summed E-state index contributed by atoms with van der Waals surface area (Å²) in [5.41, 5.74) is 0. The van der Waals surface area contributed by atoms with E-state index < -0.39 is 0 Å². The molecule has 0 N–H and O–H groups in total. The van der Waals surface area contributed by atoms with Crippen LogP contribution in [0.4, 0.5) is 0 Å². The van der Waals surface area contributed by atoms with Crippen LogP contribution in [0, 0.1) is 5.92 Å². The van der Waals surface area contributed by atoms with Crippen molar-refractivity contribution in [3.05, 3.63) is 0 Å².